The van der Waals surface area contributed by atoms with E-state index in [4.69, 9.17) is 23.2 Å². The quantitative estimate of drug-likeness (QED) is 0.485. The van der Waals surface area contributed by atoms with Gasteiger partial charge >= 0.3 is 0 Å². The van der Waals surface area contributed by atoms with Crippen molar-refractivity contribution in [2.24, 2.45) is 0 Å². The number of likely N-dealkylation sites (N-methyl/N-ethyl adjacent to an activating group) is 1. The Bertz CT molecular complexity index is 565. The normalized spacial score (nSPS) is 12.2. The molecule has 134 valence electrons. The number of hydrogen-bond donors (Lipinski definition) is 3. The SMILES string of the molecule is CC[NH+](CC)CC[NH2+][C@H](CC(=O)Nc1ccc(Cl)cc1Cl)C(=O)[O-]. The highest BCUT2D eigenvalue weighted by Crippen LogP contribution is 2.25. The first-order chi connectivity index (χ1) is 11.4. The lowest BCUT2D eigenvalue weighted by Gasteiger charge is -2.19. The Balaban J connectivity index is 2.55. The second-order valence-corrected chi connectivity index (χ2v) is 6.38. The average Bonchev–Trinajstić information content (AvgIpc) is 2.53. The lowest BCUT2D eigenvalue weighted by Crippen LogP contribution is -3.14. The minimum atomic E-state index is -1.25. The molecule has 1 rings (SSSR count). The molecule has 0 saturated carbocycles. The molecule has 0 spiro atoms. The highest BCUT2D eigenvalue weighted by molar-refractivity contribution is 6.36. The van der Waals surface area contributed by atoms with Crippen molar-refractivity contribution in [1.82, 2.24) is 0 Å². The van der Waals surface area contributed by atoms with Gasteiger partial charge in [-0.1, -0.05) is 23.2 Å². The number of rotatable bonds is 10. The Morgan fingerprint density at radius 2 is 1.96 bits per heavy atom. The number of aliphatic carboxylic acids is 1. The molecule has 0 unspecified atom stereocenters. The summed E-state index contributed by atoms with van der Waals surface area (Å²) < 4.78 is 0. The number of carbonyl (C=O) groups excluding carboxylic acids is 2. The molecule has 0 fully saturated rings. The molecular weight excluding hydrogens is 353 g/mol. The molecule has 1 atom stereocenters. The Kier molecular flexibility index (Phi) is 9.07. The van der Waals surface area contributed by atoms with Crippen LogP contribution in [0.5, 0.6) is 0 Å². The summed E-state index contributed by atoms with van der Waals surface area (Å²) in [6, 6.07) is 3.75. The summed E-state index contributed by atoms with van der Waals surface area (Å²) >= 11 is 11.8. The number of nitrogens with two attached hydrogens (primary N) is 1. The third-order valence-corrected chi connectivity index (χ3v) is 4.41. The maximum atomic E-state index is 12.1. The van der Waals surface area contributed by atoms with Gasteiger partial charge in [-0.25, -0.2) is 0 Å². The van der Waals surface area contributed by atoms with Crippen LogP contribution in [0.15, 0.2) is 18.2 Å². The number of anilines is 1. The van der Waals surface area contributed by atoms with Crippen LogP contribution in [0.1, 0.15) is 20.3 Å². The summed E-state index contributed by atoms with van der Waals surface area (Å²) in [5.74, 6) is -1.68. The number of amides is 1. The van der Waals surface area contributed by atoms with Gasteiger partial charge in [0.05, 0.1) is 36.2 Å². The van der Waals surface area contributed by atoms with Crippen molar-refractivity contribution in [1.29, 1.82) is 0 Å². The molecule has 0 aromatic heterocycles. The zero-order valence-corrected chi connectivity index (χ0v) is 15.4. The zero-order chi connectivity index (χ0) is 18.1. The molecule has 0 bridgehead atoms. The van der Waals surface area contributed by atoms with Crippen molar-refractivity contribution in [3.05, 3.63) is 28.2 Å². The van der Waals surface area contributed by atoms with Crippen LogP contribution in [0.4, 0.5) is 5.69 Å². The lowest BCUT2D eigenvalue weighted by molar-refractivity contribution is -0.910. The van der Waals surface area contributed by atoms with Gasteiger partial charge in [0.2, 0.25) is 5.91 Å². The number of halogens is 2. The van der Waals surface area contributed by atoms with Gasteiger partial charge in [-0.2, -0.15) is 0 Å². The van der Waals surface area contributed by atoms with Crippen molar-refractivity contribution in [2.75, 3.05) is 31.5 Å². The van der Waals surface area contributed by atoms with E-state index in [2.05, 4.69) is 19.2 Å². The summed E-state index contributed by atoms with van der Waals surface area (Å²) in [7, 11) is 0. The second kappa shape index (κ2) is 10.5. The third-order valence-electron chi connectivity index (χ3n) is 3.86. The fourth-order valence-corrected chi connectivity index (χ4v) is 2.80. The third kappa shape index (κ3) is 7.05. The number of carbonyl (C=O) groups is 2. The van der Waals surface area contributed by atoms with Gasteiger partial charge in [0, 0.05) is 5.02 Å². The van der Waals surface area contributed by atoms with Crippen LogP contribution >= 0.6 is 23.2 Å². The number of benzene rings is 1. The molecule has 0 radical (unpaired) electrons. The Labute approximate surface area is 152 Å². The number of quaternary nitrogens is 2. The molecule has 1 aromatic carbocycles. The van der Waals surface area contributed by atoms with Crippen LogP contribution in [0.2, 0.25) is 10.0 Å². The van der Waals surface area contributed by atoms with Crippen molar-refractivity contribution in [3.8, 4) is 0 Å². The van der Waals surface area contributed by atoms with Gasteiger partial charge < -0.3 is 25.4 Å². The molecule has 1 aromatic rings. The first-order valence-corrected chi connectivity index (χ1v) is 8.75. The van der Waals surface area contributed by atoms with Crippen molar-refractivity contribution in [3.63, 3.8) is 0 Å². The first-order valence-electron chi connectivity index (χ1n) is 8.00. The van der Waals surface area contributed by atoms with Crippen LogP contribution in [-0.2, 0) is 9.59 Å². The van der Waals surface area contributed by atoms with Crippen LogP contribution < -0.4 is 20.6 Å². The summed E-state index contributed by atoms with van der Waals surface area (Å²) in [5, 5.41) is 16.2. The molecular formula is C16H24Cl2N3O3+. The van der Waals surface area contributed by atoms with E-state index in [1.807, 2.05) is 0 Å². The summed E-state index contributed by atoms with van der Waals surface area (Å²) in [6.45, 7) is 7.58. The molecule has 4 N–H and O–H groups in total. The summed E-state index contributed by atoms with van der Waals surface area (Å²) in [6.07, 6.45) is -0.186. The molecule has 0 saturated heterocycles. The van der Waals surface area contributed by atoms with E-state index in [9.17, 15) is 14.7 Å². The van der Waals surface area contributed by atoms with Crippen LogP contribution in [0, 0.1) is 0 Å². The average molecular weight is 377 g/mol. The van der Waals surface area contributed by atoms with E-state index in [-0.39, 0.29) is 6.42 Å². The van der Waals surface area contributed by atoms with E-state index < -0.39 is 17.9 Å². The minimum Gasteiger partial charge on any atom is -0.544 e. The van der Waals surface area contributed by atoms with Crippen molar-refractivity contribution in [2.45, 2.75) is 26.3 Å². The van der Waals surface area contributed by atoms with E-state index in [1.165, 1.54) is 11.0 Å². The molecule has 0 heterocycles. The smallest absolute Gasteiger partial charge is 0.230 e. The molecule has 0 aliphatic heterocycles. The van der Waals surface area contributed by atoms with E-state index in [1.54, 1.807) is 17.4 Å². The zero-order valence-electron chi connectivity index (χ0n) is 13.9. The molecule has 24 heavy (non-hydrogen) atoms. The number of carboxylic acids is 1. The van der Waals surface area contributed by atoms with Gasteiger partial charge in [-0.3, -0.25) is 4.79 Å². The fourth-order valence-electron chi connectivity index (χ4n) is 2.35. The topological polar surface area (TPSA) is 90.3 Å². The lowest BCUT2D eigenvalue weighted by atomic mass is 10.2. The van der Waals surface area contributed by atoms with Crippen LogP contribution in [0.25, 0.3) is 0 Å². The highest BCUT2D eigenvalue weighted by Gasteiger charge is 2.19. The first kappa shape index (κ1) is 20.7. The summed E-state index contributed by atoms with van der Waals surface area (Å²) in [4.78, 5) is 24.7. The van der Waals surface area contributed by atoms with Crippen molar-refractivity contribution >= 4 is 40.8 Å². The largest absolute Gasteiger partial charge is 0.544 e. The Morgan fingerprint density at radius 1 is 1.29 bits per heavy atom. The maximum absolute atomic E-state index is 12.1. The monoisotopic (exact) mass is 376 g/mol. The van der Waals surface area contributed by atoms with Crippen LogP contribution in [0.3, 0.4) is 0 Å². The van der Waals surface area contributed by atoms with Gasteiger partial charge in [-0.15, -0.1) is 0 Å². The van der Waals surface area contributed by atoms with Gasteiger partial charge in [0.25, 0.3) is 0 Å². The van der Waals surface area contributed by atoms with E-state index in [0.29, 0.717) is 22.3 Å². The molecule has 8 heteroatoms. The molecule has 0 aliphatic rings. The van der Waals surface area contributed by atoms with E-state index in [0.717, 1.165) is 19.6 Å². The maximum Gasteiger partial charge on any atom is 0.230 e. The molecule has 1 amide bonds. The highest BCUT2D eigenvalue weighted by atomic mass is 35.5. The Hall–Kier alpha value is -1.34. The number of hydrogen-bond acceptors (Lipinski definition) is 3. The predicted octanol–water partition coefficient (Wildman–Crippen LogP) is -1.07. The van der Waals surface area contributed by atoms with Crippen LogP contribution in [-0.4, -0.2) is 44.1 Å². The Morgan fingerprint density at radius 3 is 2.50 bits per heavy atom. The number of nitrogens with one attached hydrogen (secondary N) is 2. The number of carboxylic acid groups (broad SMARTS) is 1. The second-order valence-electron chi connectivity index (χ2n) is 5.53. The summed E-state index contributed by atoms with van der Waals surface area (Å²) in [5.41, 5.74) is 0.399. The van der Waals surface area contributed by atoms with E-state index >= 15 is 0 Å². The van der Waals surface area contributed by atoms with Gasteiger partial charge in [-0.05, 0) is 32.0 Å². The molecule has 6 nitrogen and oxygen atoms in total. The fraction of sp³-hybridized carbons (Fsp3) is 0.500. The minimum absolute atomic E-state index is 0.186. The van der Waals surface area contributed by atoms with Gasteiger partial charge in [0.1, 0.15) is 19.1 Å². The molecule has 0 aliphatic carbocycles. The van der Waals surface area contributed by atoms with Crippen molar-refractivity contribution < 1.29 is 24.9 Å². The predicted molar refractivity (Wildman–Crippen MR) is 92.2 cm³/mol. The van der Waals surface area contributed by atoms with Gasteiger partial charge in [0.15, 0.2) is 0 Å². The standard InChI is InChI=1S/C16H23Cl2N3O3/c1-3-21(4-2)8-7-19-14(16(23)24)10-15(22)20-13-6-5-11(17)9-12(13)18/h5-6,9,14,19H,3-4,7-8,10H2,1-2H3,(H,20,22)(H,23,24)/p+1/t14-/m1/s1.